The number of pyridine rings is 1. The third kappa shape index (κ3) is 2.20. The number of nitrogens with one attached hydrogen (secondary N) is 1. The molecule has 4 nitrogen and oxygen atoms in total. The van der Waals surface area contributed by atoms with Crippen LogP contribution >= 0.6 is 0 Å². The van der Waals surface area contributed by atoms with Crippen LogP contribution in [-0.4, -0.2) is 20.2 Å². The van der Waals surface area contributed by atoms with Gasteiger partial charge < -0.3 is 0 Å². The van der Waals surface area contributed by atoms with Gasteiger partial charge in [-0.05, 0) is 31.5 Å². The second-order valence-corrected chi connectivity index (χ2v) is 5.23. The molecule has 0 unspecified atom stereocenters. The second-order valence-electron chi connectivity index (χ2n) is 5.23. The smallest absolute Gasteiger partial charge is 0.181 e. The number of hydrogen-bond acceptors (Lipinski definition) is 3. The first-order valence-corrected chi connectivity index (χ1v) is 6.57. The Morgan fingerprint density at radius 3 is 2.35 bits per heavy atom. The van der Waals surface area contributed by atoms with Crippen LogP contribution in [0.4, 0.5) is 0 Å². The van der Waals surface area contributed by atoms with E-state index >= 15 is 0 Å². The fourth-order valence-corrected chi connectivity index (χ4v) is 2.16. The van der Waals surface area contributed by atoms with Gasteiger partial charge in [0.15, 0.2) is 5.82 Å². The summed E-state index contributed by atoms with van der Waals surface area (Å²) in [7, 11) is 0. The first kappa shape index (κ1) is 12.5. The lowest BCUT2D eigenvalue weighted by molar-refractivity contribution is 0.592. The van der Waals surface area contributed by atoms with E-state index in [1.165, 1.54) is 0 Å². The Morgan fingerprint density at radius 2 is 1.65 bits per heavy atom. The maximum Gasteiger partial charge on any atom is 0.181 e. The lowest BCUT2D eigenvalue weighted by Crippen LogP contribution is -2.20. The number of benzene rings is 1. The minimum atomic E-state index is -0.233. The monoisotopic (exact) mass is 264 g/mol. The molecule has 0 saturated carbocycles. The standard InChI is InChI=1S/C16H16N4/c1-16(2,13-8-10-17-11-9-13)15-18-14(19-20-15)12-6-4-3-5-7-12/h3-11H,1-2H3,(H,18,19,20). The van der Waals surface area contributed by atoms with Crippen molar-refractivity contribution < 1.29 is 0 Å². The van der Waals surface area contributed by atoms with Crippen LogP contribution in [0.2, 0.25) is 0 Å². The summed E-state index contributed by atoms with van der Waals surface area (Å²) in [5.74, 6) is 1.57. The number of hydrogen-bond donors (Lipinski definition) is 1. The van der Waals surface area contributed by atoms with Crippen molar-refractivity contribution in [2.45, 2.75) is 19.3 Å². The van der Waals surface area contributed by atoms with Crippen molar-refractivity contribution in [1.29, 1.82) is 0 Å². The van der Waals surface area contributed by atoms with Crippen LogP contribution in [0.15, 0.2) is 54.9 Å². The van der Waals surface area contributed by atoms with E-state index in [2.05, 4.69) is 34.0 Å². The predicted molar refractivity (Wildman–Crippen MR) is 78.2 cm³/mol. The SMILES string of the molecule is CC(C)(c1ccncc1)c1nc(-c2ccccc2)n[nH]1. The van der Waals surface area contributed by atoms with Gasteiger partial charge in [-0.2, -0.15) is 5.10 Å². The molecule has 3 aromatic rings. The number of H-pyrrole nitrogens is 1. The van der Waals surface area contributed by atoms with Gasteiger partial charge in [-0.25, -0.2) is 4.98 Å². The zero-order chi connectivity index (χ0) is 14.0. The summed E-state index contributed by atoms with van der Waals surface area (Å²) < 4.78 is 0. The van der Waals surface area contributed by atoms with Crippen LogP contribution in [0.25, 0.3) is 11.4 Å². The van der Waals surface area contributed by atoms with Crippen LogP contribution < -0.4 is 0 Å². The molecule has 0 fully saturated rings. The first-order chi connectivity index (χ1) is 9.68. The van der Waals surface area contributed by atoms with Gasteiger partial charge in [0.2, 0.25) is 0 Å². The molecular weight excluding hydrogens is 248 g/mol. The van der Waals surface area contributed by atoms with E-state index < -0.39 is 0 Å². The van der Waals surface area contributed by atoms with Crippen LogP contribution in [0.3, 0.4) is 0 Å². The molecule has 2 heterocycles. The number of aromatic amines is 1. The van der Waals surface area contributed by atoms with E-state index in [1.807, 2.05) is 42.5 Å². The molecule has 0 amide bonds. The van der Waals surface area contributed by atoms with E-state index in [1.54, 1.807) is 12.4 Å². The maximum absolute atomic E-state index is 4.64. The van der Waals surface area contributed by atoms with E-state index in [0.29, 0.717) is 0 Å². The average Bonchev–Trinajstić information content (AvgIpc) is 3.00. The Hall–Kier alpha value is -2.49. The second kappa shape index (κ2) is 4.89. The van der Waals surface area contributed by atoms with E-state index in [4.69, 9.17) is 0 Å². The highest BCUT2D eigenvalue weighted by Gasteiger charge is 2.27. The molecule has 100 valence electrons. The number of nitrogens with zero attached hydrogens (tertiary/aromatic N) is 3. The zero-order valence-electron chi connectivity index (χ0n) is 11.5. The summed E-state index contributed by atoms with van der Waals surface area (Å²) in [6, 6.07) is 14.0. The van der Waals surface area contributed by atoms with Gasteiger partial charge >= 0.3 is 0 Å². The van der Waals surface area contributed by atoms with Gasteiger partial charge in [0.25, 0.3) is 0 Å². The van der Waals surface area contributed by atoms with Crippen molar-refractivity contribution in [1.82, 2.24) is 20.2 Å². The fraction of sp³-hybridized carbons (Fsp3) is 0.188. The summed E-state index contributed by atoms with van der Waals surface area (Å²) in [6.45, 7) is 4.25. The molecule has 0 aliphatic rings. The van der Waals surface area contributed by atoms with Crippen LogP contribution in [0.1, 0.15) is 25.2 Å². The third-order valence-corrected chi connectivity index (χ3v) is 3.51. The minimum absolute atomic E-state index is 0.233. The summed E-state index contributed by atoms with van der Waals surface area (Å²) in [4.78, 5) is 8.70. The number of aromatic nitrogens is 4. The Labute approximate surface area is 117 Å². The molecule has 0 aliphatic heterocycles. The van der Waals surface area contributed by atoms with E-state index in [-0.39, 0.29) is 5.41 Å². The zero-order valence-corrected chi connectivity index (χ0v) is 11.5. The summed E-state index contributed by atoms with van der Waals surface area (Å²) in [5, 5.41) is 7.39. The molecule has 20 heavy (non-hydrogen) atoms. The molecule has 4 heteroatoms. The maximum atomic E-state index is 4.64. The lowest BCUT2D eigenvalue weighted by Gasteiger charge is -2.21. The van der Waals surface area contributed by atoms with Gasteiger partial charge in [-0.1, -0.05) is 30.3 Å². The largest absolute Gasteiger partial charge is 0.265 e. The Kier molecular flexibility index (Phi) is 3.06. The Morgan fingerprint density at radius 1 is 0.950 bits per heavy atom. The topological polar surface area (TPSA) is 54.5 Å². The number of rotatable bonds is 3. The van der Waals surface area contributed by atoms with Crippen molar-refractivity contribution in [2.75, 3.05) is 0 Å². The van der Waals surface area contributed by atoms with Crippen molar-refractivity contribution >= 4 is 0 Å². The summed E-state index contributed by atoms with van der Waals surface area (Å²) in [5.41, 5.74) is 1.94. The first-order valence-electron chi connectivity index (χ1n) is 6.57. The molecule has 3 rings (SSSR count). The summed E-state index contributed by atoms with van der Waals surface area (Å²) >= 11 is 0. The average molecular weight is 264 g/mol. The highest BCUT2D eigenvalue weighted by Crippen LogP contribution is 2.29. The van der Waals surface area contributed by atoms with Gasteiger partial charge in [-0.15, -0.1) is 0 Å². The van der Waals surface area contributed by atoms with Gasteiger partial charge in [0.1, 0.15) is 5.82 Å². The Balaban J connectivity index is 1.98. The predicted octanol–water partition coefficient (Wildman–Crippen LogP) is 3.19. The van der Waals surface area contributed by atoms with Gasteiger partial charge in [-0.3, -0.25) is 10.1 Å². The molecule has 1 aromatic carbocycles. The van der Waals surface area contributed by atoms with Crippen LogP contribution in [-0.2, 0) is 5.41 Å². The fourth-order valence-electron chi connectivity index (χ4n) is 2.16. The third-order valence-electron chi connectivity index (χ3n) is 3.51. The van der Waals surface area contributed by atoms with E-state index in [0.717, 1.165) is 22.8 Å². The van der Waals surface area contributed by atoms with Crippen molar-refractivity contribution in [3.05, 3.63) is 66.2 Å². The Bertz CT molecular complexity index is 687. The van der Waals surface area contributed by atoms with Crippen LogP contribution in [0.5, 0.6) is 0 Å². The highest BCUT2D eigenvalue weighted by molar-refractivity contribution is 5.54. The van der Waals surface area contributed by atoms with Gasteiger partial charge in [0, 0.05) is 23.4 Å². The lowest BCUT2D eigenvalue weighted by atomic mass is 9.84. The summed E-state index contributed by atoms with van der Waals surface area (Å²) in [6.07, 6.45) is 3.59. The molecule has 2 aromatic heterocycles. The van der Waals surface area contributed by atoms with Gasteiger partial charge in [0.05, 0.1) is 0 Å². The van der Waals surface area contributed by atoms with Crippen molar-refractivity contribution in [3.8, 4) is 11.4 Å². The van der Waals surface area contributed by atoms with Crippen molar-refractivity contribution in [2.24, 2.45) is 0 Å². The quantitative estimate of drug-likeness (QED) is 0.790. The molecule has 0 bridgehead atoms. The molecule has 1 N–H and O–H groups in total. The van der Waals surface area contributed by atoms with Crippen molar-refractivity contribution in [3.63, 3.8) is 0 Å². The molecule has 0 radical (unpaired) electrons. The highest BCUT2D eigenvalue weighted by atomic mass is 15.2. The van der Waals surface area contributed by atoms with E-state index in [9.17, 15) is 0 Å². The molecular formula is C16H16N4. The van der Waals surface area contributed by atoms with Crippen LogP contribution in [0, 0.1) is 0 Å². The molecule has 0 aliphatic carbocycles. The molecule has 0 spiro atoms. The minimum Gasteiger partial charge on any atom is -0.265 e. The molecule has 0 saturated heterocycles. The molecule has 0 atom stereocenters. The normalized spacial score (nSPS) is 11.5.